The molecule has 104 valence electrons. The van der Waals surface area contributed by atoms with Crippen LogP contribution in [0.2, 0.25) is 0 Å². The number of aromatic nitrogens is 1. The summed E-state index contributed by atoms with van der Waals surface area (Å²) in [7, 11) is 1.28. The molecule has 6 heteroatoms. The average molecular weight is 267 g/mol. The normalized spacial score (nSPS) is 10.2. The maximum Gasteiger partial charge on any atom is 0.339 e. The van der Waals surface area contributed by atoms with Crippen molar-refractivity contribution in [1.82, 2.24) is 4.57 Å². The molecule has 0 aliphatic rings. The fourth-order valence-electron chi connectivity index (χ4n) is 1.68. The van der Waals surface area contributed by atoms with Crippen LogP contribution in [0.25, 0.3) is 0 Å². The maximum absolute atomic E-state index is 11.6. The van der Waals surface area contributed by atoms with Gasteiger partial charge in [0, 0.05) is 25.2 Å². The summed E-state index contributed by atoms with van der Waals surface area (Å²) in [5, 5.41) is 8.49. The lowest BCUT2D eigenvalue weighted by Crippen LogP contribution is -2.20. The van der Waals surface area contributed by atoms with Crippen molar-refractivity contribution in [3.05, 3.63) is 34.2 Å². The number of carboxylic acid groups (broad SMARTS) is 1. The van der Waals surface area contributed by atoms with E-state index in [0.29, 0.717) is 24.9 Å². The van der Waals surface area contributed by atoms with Crippen molar-refractivity contribution in [1.29, 1.82) is 0 Å². The number of ether oxygens (including phenoxy) is 1. The molecule has 1 rings (SSSR count). The van der Waals surface area contributed by atoms with E-state index < -0.39 is 11.9 Å². The van der Waals surface area contributed by atoms with Crippen LogP contribution in [0.1, 0.15) is 36.0 Å². The number of aliphatic carboxylic acids is 1. The van der Waals surface area contributed by atoms with Gasteiger partial charge in [-0.1, -0.05) is 6.42 Å². The van der Waals surface area contributed by atoms with Gasteiger partial charge >= 0.3 is 11.9 Å². The van der Waals surface area contributed by atoms with Crippen LogP contribution >= 0.6 is 0 Å². The number of aryl methyl sites for hydroxylation is 1. The van der Waals surface area contributed by atoms with E-state index in [1.54, 1.807) is 0 Å². The average Bonchev–Trinajstić information content (AvgIpc) is 2.39. The number of methoxy groups -OCH3 is 1. The molecule has 0 aromatic carbocycles. The van der Waals surface area contributed by atoms with Gasteiger partial charge in [-0.2, -0.15) is 0 Å². The van der Waals surface area contributed by atoms with Gasteiger partial charge in [0.25, 0.3) is 5.56 Å². The molecule has 0 fully saturated rings. The molecule has 0 atom stereocenters. The zero-order chi connectivity index (χ0) is 14.3. The van der Waals surface area contributed by atoms with Gasteiger partial charge in [0.05, 0.1) is 12.7 Å². The smallest absolute Gasteiger partial charge is 0.339 e. The molecule has 0 bridgehead atoms. The Balaban J connectivity index is 2.55. The quantitative estimate of drug-likeness (QED) is 0.594. The highest BCUT2D eigenvalue weighted by Crippen LogP contribution is 2.03. The first-order valence-electron chi connectivity index (χ1n) is 6.05. The number of hydrogen-bond acceptors (Lipinski definition) is 4. The van der Waals surface area contributed by atoms with Crippen LogP contribution in [-0.2, 0) is 16.1 Å². The Morgan fingerprint density at radius 3 is 2.63 bits per heavy atom. The fraction of sp³-hybridized carbons (Fsp3) is 0.462. The van der Waals surface area contributed by atoms with Gasteiger partial charge in [0.2, 0.25) is 0 Å². The zero-order valence-corrected chi connectivity index (χ0v) is 10.8. The minimum atomic E-state index is -0.815. The van der Waals surface area contributed by atoms with E-state index in [1.807, 2.05) is 0 Å². The number of rotatable bonds is 7. The third-order valence-corrected chi connectivity index (χ3v) is 2.69. The number of unbranched alkanes of at least 4 members (excludes halogenated alkanes) is 2. The highest BCUT2D eigenvalue weighted by molar-refractivity contribution is 5.88. The van der Waals surface area contributed by atoms with Crippen LogP contribution in [0.15, 0.2) is 23.1 Å². The van der Waals surface area contributed by atoms with Gasteiger partial charge in [-0.15, -0.1) is 0 Å². The van der Waals surface area contributed by atoms with E-state index in [4.69, 9.17) is 5.11 Å². The van der Waals surface area contributed by atoms with Crippen LogP contribution < -0.4 is 5.56 Å². The second kappa shape index (κ2) is 7.35. The lowest BCUT2D eigenvalue weighted by Gasteiger charge is -2.07. The van der Waals surface area contributed by atoms with E-state index >= 15 is 0 Å². The standard InChI is InChI=1S/C13H17NO5/c1-19-13(18)10-6-7-11(15)14(9-10)8-4-2-3-5-12(16)17/h6-7,9H,2-5,8H2,1H3,(H,16,17). The van der Waals surface area contributed by atoms with Crippen LogP contribution in [0.3, 0.4) is 0 Å². The molecule has 0 radical (unpaired) electrons. The molecule has 1 N–H and O–H groups in total. The molecule has 0 aliphatic heterocycles. The Morgan fingerprint density at radius 2 is 2.00 bits per heavy atom. The van der Waals surface area contributed by atoms with E-state index in [-0.39, 0.29) is 12.0 Å². The van der Waals surface area contributed by atoms with Crippen molar-refractivity contribution in [2.45, 2.75) is 32.2 Å². The van der Waals surface area contributed by atoms with Crippen LogP contribution in [0.4, 0.5) is 0 Å². The molecule has 0 spiro atoms. The first-order chi connectivity index (χ1) is 9.04. The van der Waals surface area contributed by atoms with Crippen LogP contribution in [0, 0.1) is 0 Å². The second-order valence-electron chi connectivity index (χ2n) is 4.15. The summed E-state index contributed by atoms with van der Waals surface area (Å²) in [5.41, 5.74) is 0.138. The zero-order valence-electron chi connectivity index (χ0n) is 10.8. The summed E-state index contributed by atoms with van der Waals surface area (Å²) in [6, 6.07) is 2.75. The highest BCUT2D eigenvalue weighted by Gasteiger charge is 2.07. The summed E-state index contributed by atoms with van der Waals surface area (Å²) in [6.07, 6.45) is 3.60. The Labute approximate surface area is 110 Å². The number of carboxylic acids is 1. The molecule has 0 amide bonds. The number of carbonyl (C=O) groups excluding carboxylic acids is 1. The minimum Gasteiger partial charge on any atom is -0.481 e. The third kappa shape index (κ3) is 4.95. The van der Waals surface area contributed by atoms with E-state index in [2.05, 4.69) is 4.74 Å². The maximum atomic E-state index is 11.6. The molecule has 6 nitrogen and oxygen atoms in total. The summed E-state index contributed by atoms with van der Waals surface area (Å²) in [4.78, 5) is 33.2. The minimum absolute atomic E-state index is 0.136. The van der Waals surface area contributed by atoms with E-state index in [1.165, 1.54) is 30.0 Å². The van der Waals surface area contributed by atoms with Gasteiger partial charge in [0.1, 0.15) is 0 Å². The van der Waals surface area contributed by atoms with Gasteiger partial charge in [-0.05, 0) is 18.9 Å². The molecule has 0 saturated carbocycles. The van der Waals surface area contributed by atoms with Gasteiger partial charge in [0.15, 0.2) is 0 Å². The molecular weight excluding hydrogens is 250 g/mol. The Kier molecular flexibility index (Phi) is 5.78. The first-order valence-corrected chi connectivity index (χ1v) is 6.05. The SMILES string of the molecule is COC(=O)c1ccc(=O)n(CCCCCC(=O)O)c1. The lowest BCUT2D eigenvalue weighted by molar-refractivity contribution is -0.137. The molecule has 1 aromatic heterocycles. The van der Waals surface area contributed by atoms with Crippen LogP contribution in [-0.4, -0.2) is 28.7 Å². The number of hydrogen-bond donors (Lipinski definition) is 1. The summed E-state index contributed by atoms with van der Waals surface area (Å²) in [5.74, 6) is -1.30. The second-order valence-corrected chi connectivity index (χ2v) is 4.15. The molecule has 1 aromatic rings. The Hall–Kier alpha value is -2.11. The van der Waals surface area contributed by atoms with Crippen molar-refractivity contribution in [2.75, 3.05) is 7.11 Å². The molecule has 1 heterocycles. The van der Waals surface area contributed by atoms with Gasteiger partial charge < -0.3 is 14.4 Å². The number of nitrogens with zero attached hydrogens (tertiary/aromatic N) is 1. The predicted molar refractivity (Wildman–Crippen MR) is 68.1 cm³/mol. The molecule has 0 aliphatic carbocycles. The largest absolute Gasteiger partial charge is 0.481 e. The summed E-state index contributed by atoms with van der Waals surface area (Å²) >= 11 is 0. The predicted octanol–water partition coefficient (Wildman–Crippen LogP) is 1.28. The van der Waals surface area contributed by atoms with Crippen molar-refractivity contribution in [3.8, 4) is 0 Å². The van der Waals surface area contributed by atoms with Gasteiger partial charge in [-0.25, -0.2) is 4.79 Å². The van der Waals surface area contributed by atoms with Crippen molar-refractivity contribution in [3.63, 3.8) is 0 Å². The first kappa shape index (κ1) is 14.9. The van der Waals surface area contributed by atoms with E-state index in [9.17, 15) is 14.4 Å². The third-order valence-electron chi connectivity index (χ3n) is 2.69. The van der Waals surface area contributed by atoms with Crippen LogP contribution in [0.5, 0.6) is 0 Å². The summed E-state index contributed by atoms with van der Waals surface area (Å²) < 4.78 is 6.02. The number of pyridine rings is 1. The van der Waals surface area contributed by atoms with Crippen molar-refractivity contribution >= 4 is 11.9 Å². The fourth-order valence-corrected chi connectivity index (χ4v) is 1.68. The molecule has 0 saturated heterocycles. The monoisotopic (exact) mass is 267 g/mol. The molecule has 0 unspecified atom stereocenters. The molecule has 19 heavy (non-hydrogen) atoms. The van der Waals surface area contributed by atoms with E-state index in [0.717, 1.165) is 6.42 Å². The van der Waals surface area contributed by atoms with Crippen molar-refractivity contribution in [2.24, 2.45) is 0 Å². The Morgan fingerprint density at radius 1 is 1.26 bits per heavy atom. The topological polar surface area (TPSA) is 85.6 Å². The molecular formula is C13H17NO5. The Bertz CT molecular complexity index is 506. The lowest BCUT2D eigenvalue weighted by atomic mass is 10.2. The van der Waals surface area contributed by atoms with Gasteiger partial charge in [-0.3, -0.25) is 9.59 Å². The highest BCUT2D eigenvalue weighted by atomic mass is 16.5. The summed E-state index contributed by atoms with van der Waals surface area (Å²) in [6.45, 7) is 0.462. The number of esters is 1. The van der Waals surface area contributed by atoms with Crippen molar-refractivity contribution < 1.29 is 19.4 Å². The number of carbonyl (C=O) groups is 2.